The van der Waals surface area contributed by atoms with E-state index in [1.165, 1.54) is 5.56 Å². The maximum atomic E-state index is 13.7. The largest absolute Gasteiger partial charge is 0.357 e. The molecule has 0 aliphatic carbocycles. The highest BCUT2D eigenvalue weighted by atomic mass is 19.1. The van der Waals surface area contributed by atoms with Gasteiger partial charge in [0.1, 0.15) is 5.82 Å². The number of aromatic nitrogens is 2. The Bertz CT molecular complexity index is 752. The molecule has 1 unspecified atom stereocenters. The Labute approximate surface area is 148 Å². The first-order chi connectivity index (χ1) is 12.1. The summed E-state index contributed by atoms with van der Waals surface area (Å²) in [7, 11) is 1.95. The fraction of sp³-hybridized carbons (Fsp3) is 0.474. The first-order valence-corrected chi connectivity index (χ1v) is 8.83. The molecule has 1 aromatic carbocycles. The van der Waals surface area contributed by atoms with Gasteiger partial charge in [0.25, 0.3) is 0 Å². The van der Waals surface area contributed by atoms with Crippen molar-refractivity contribution in [3.63, 3.8) is 0 Å². The zero-order chi connectivity index (χ0) is 17.8. The van der Waals surface area contributed by atoms with E-state index in [0.717, 1.165) is 37.6 Å². The molecule has 5 nitrogen and oxygen atoms in total. The lowest BCUT2D eigenvalue weighted by atomic mass is 10.0. The van der Waals surface area contributed by atoms with E-state index in [-0.39, 0.29) is 5.82 Å². The molecule has 1 atom stereocenters. The Morgan fingerprint density at radius 2 is 2.28 bits per heavy atom. The van der Waals surface area contributed by atoms with Gasteiger partial charge in [-0.2, -0.15) is 5.10 Å². The van der Waals surface area contributed by atoms with Gasteiger partial charge in [-0.1, -0.05) is 12.1 Å². The Morgan fingerprint density at radius 1 is 1.44 bits per heavy atom. The van der Waals surface area contributed by atoms with Gasteiger partial charge in [0.2, 0.25) is 0 Å². The molecule has 0 spiro atoms. The number of rotatable bonds is 4. The second-order valence-corrected chi connectivity index (χ2v) is 6.63. The third-order valence-electron chi connectivity index (χ3n) is 4.67. The summed E-state index contributed by atoms with van der Waals surface area (Å²) in [5.74, 6) is 1.21. The molecule has 2 aromatic rings. The van der Waals surface area contributed by atoms with Crippen LogP contribution in [0.25, 0.3) is 0 Å². The van der Waals surface area contributed by atoms with Gasteiger partial charge in [-0.15, -0.1) is 0 Å². The van der Waals surface area contributed by atoms with Crippen molar-refractivity contribution >= 4 is 5.96 Å². The minimum atomic E-state index is -0.171. The van der Waals surface area contributed by atoms with Crippen molar-refractivity contribution in [2.45, 2.75) is 32.7 Å². The number of likely N-dealkylation sites (tertiary alicyclic amines) is 1. The molecule has 1 saturated heterocycles. The fourth-order valence-corrected chi connectivity index (χ4v) is 3.20. The smallest absolute Gasteiger partial charge is 0.194 e. The fourth-order valence-electron chi connectivity index (χ4n) is 3.20. The number of nitrogens with zero attached hydrogens (tertiary/aromatic N) is 4. The van der Waals surface area contributed by atoms with Crippen molar-refractivity contribution < 1.29 is 4.39 Å². The molecule has 1 aliphatic rings. The average Bonchev–Trinajstić information content (AvgIpc) is 3.23. The van der Waals surface area contributed by atoms with Crippen LogP contribution in [0.4, 0.5) is 4.39 Å². The molecule has 0 radical (unpaired) electrons. The van der Waals surface area contributed by atoms with Crippen LogP contribution < -0.4 is 5.32 Å². The monoisotopic (exact) mass is 343 g/mol. The van der Waals surface area contributed by atoms with Gasteiger partial charge >= 0.3 is 0 Å². The molecule has 25 heavy (non-hydrogen) atoms. The third kappa shape index (κ3) is 4.18. The molecule has 2 heterocycles. The first kappa shape index (κ1) is 17.5. The third-order valence-corrected chi connectivity index (χ3v) is 4.67. The van der Waals surface area contributed by atoms with E-state index in [1.807, 2.05) is 24.0 Å². The van der Waals surface area contributed by atoms with Crippen LogP contribution in [-0.2, 0) is 13.6 Å². The minimum Gasteiger partial charge on any atom is -0.357 e. The number of hydrogen-bond acceptors (Lipinski definition) is 2. The predicted molar refractivity (Wildman–Crippen MR) is 98.1 cm³/mol. The number of halogens is 1. The molecule has 1 N–H and O–H groups in total. The van der Waals surface area contributed by atoms with Gasteiger partial charge in [0, 0.05) is 38.8 Å². The van der Waals surface area contributed by atoms with Crippen molar-refractivity contribution in [2.24, 2.45) is 12.0 Å². The van der Waals surface area contributed by atoms with E-state index in [2.05, 4.69) is 28.4 Å². The zero-order valence-corrected chi connectivity index (χ0v) is 15.2. The van der Waals surface area contributed by atoms with Crippen molar-refractivity contribution in [2.75, 3.05) is 19.6 Å². The first-order valence-electron chi connectivity index (χ1n) is 8.83. The lowest BCUT2D eigenvalue weighted by Gasteiger charge is -2.21. The topological polar surface area (TPSA) is 45.5 Å². The minimum absolute atomic E-state index is 0.171. The Kier molecular flexibility index (Phi) is 5.36. The Morgan fingerprint density at radius 3 is 2.96 bits per heavy atom. The summed E-state index contributed by atoms with van der Waals surface area (Å²) in [6.07, 6.45) is 5.13. The van der Waals surface area contributed by atoms with E-state index in [4.69, 9.17) is 4.99 Å². The van der Waals surface area contributed by atoms with Crippen molar-refractivity contribution in [3.8, 4) is 0 Å². The van der Waals surface area contributed by atoms with Crippen LogP contribution in [0, 0.1) is 12.7 Å². The number of aryl methyl sites for hydroxylation is 2. The second-order valence-electron chi connectivity index (χ2n) is 6.63. The molecule has 0 saturated carbocycles. The summed E-state index contributed by atoms with van der Waals surface area (Å²) in [6.45, 7) is 7.03. The highest BCUT2D eigenvalue weighted by Crippen LogP contribution is 2.26. The number of nitrogens with one attached hydrogen (secondary N) is 1. The van der Waals surface area contributed by atoms with E-state index in [0.29, 0.717) is 18.0 Å². The molecule has 3 rings (SSSR count). The summed E-state index contributed by atoms with van der Waals surface area (Å²) in [6, 6.07) is 5.32. The molecule has 6 heteroatoms. The predicted octanol–water partition coefficient (Wildman–Crippen LogP) is 2.82. The zero-order valence-electron chi connectivity index (χ0n) is 15.2. The van der Waals surface area contributed by atoms with Gasteiger partial charge in [-0.05, 0) is 43.0 Å². The Hall–Kier alpha value is -2.37. The number of guanidine groups is 1. The van der Waals surface area contributed by atoms with Crippen LogP contribution in [0.5, 0.6) is 0 Å². The Balaban J connectivity index is 1.69. The molecular formula is C19H26FN5. The van der Waals surface area contributed by atoms with Crippen LogP contribution in [-0.4, -0.2) is 40.3 Å². The lowest BCUT2D eigenvalue weighted by molar-refractivity contribution is 0.486. The number of benzene rings is 1. The van der Waals surface area contributed by atoms with Gasteiger partial charge in [-0.25, -0.2) is 9.38 Å². The van der Waals surface area contributed by atoms with Crippen LogP contribution in [0.15, 0.2) is 35.6 Å². The molecule has 1 aromatic heterocycles. The van der Waals surface area contributed by atoms with Crippen LogP contribution in [0.3, 0.4) is 0 Å². The molecule has 0 bridgehead atoms. The standard InChI is InChI=1S/C19H26FN5/c1-4-21-19(22-10-15-6-5-14(2)18(20)9-15)25-8-7-16(13-25)17-11-23-24(3)12-17/h5-6,9,11-12,16H,4,7-8,10,13H2,1-3H3,(H,21,22). The highest BCUT2D eigenvalue weighted by Gasteiger charge is 2.26. The summed E-state index contributed by atoms with van der Waals surface area (Å²) < 4.78 is 15.6. The molecule has 1 aliphatic heterocycles. The van der Waals surface area contributed by atoms with E-state index in [1.54, 1.807) is 19.1 Å². The highest BCUT2D eigenvalue weighted by molar-refractivity contribution is 5.80. The van der Waals surface area contributed by atoms with E-state index >= 15 is 0 Å². The van der Waals surface area contributed by atoms with Crippen molar-refractivity contribution in [1.82, 2.24) is 20.0 Å². The molecule has 134 valence electrons. The summed E-state index contributed by atoms with van der Waals surface area (Å²) >= 11 is 0. The van der Waals surface area contributed by atoms with Gasteiger partial charge in [-0.3, -0.25) is 4.68 Å². The molecule has 1 fully saturated rings. The lowest BCUT2D eigenvalue weighted by Crippen LogP contribution is -2.40. The summed E-state index contributed by atoms with van der Waals surface area (Å²) in [5, 5.41) is 7.63. The summed E-state index contributed by atoms with van der Waals surface area (Å²) in [5.41, 5.74) is 2.83. The van der Waals surface area contributed by atoms with E-state index < -0.39 is 0 Å². The maximum absolute atomic E-state index is 13.7. The number of hydrogen-bond donors (Lipinski definition) is 1. The van der Waals surface area contributed by atoms with Crippen LogP contribution in [0.1, 0.15) is 36.0 Å². The quantitative estimate of drug-likeness (QED) is 0.686. The van der Waals surface area contributed by atoms with Crippen molar-refractivity contribution in [3.05, 3.63) is 53.1 Å². The molecule has 0 amide bonds. The average molecular weight is 343 g/mol. The van der Waals surface area contributed by atoms with Crippen LogP contribution >= 0.6 is 0 Å². The summed E-state index contributed by atoms with van der Waals surface area (Å²) in [4.78, 5) is 7.00. The van der Waals surface area contributed by atoms with E-state index in [9.17, 15) is 4.39 Å². The van der Waals surface area contributed by atoms with Gasteiger partial charge in [0.05, 0.1) is 12.7 Å². The normalized spacial score (nSPS) is 18.0. The number of aliphatic imine (C=N–C) groups is 1. The van der Waals surface area contributed by atoms with Gasteiger partial charge < -0.3 is 10.2 Å². The van der Waals surface area contributed by atoms with Crippen LogP contribution in [0.2, 0.25) is 0 Å². The van der Waals surface area contributed by atoms with Crippen molar-refractivity contribution in [1.29, 1.82) is 0 Å². The maximum Gasteiger partial charge on any atom is 0.194 e. The molecular weight excluding hydrogens is 317 g/mol. The van der Waals surface area contributed by atoms with Gasteiger partial charge in [0.15, 0.2) is 5.96 Å². The second kappa shape index (κ2) is 7.68. The SMILES string of the molecule is CCNC(=NCc1ccc(C)c(F)c1)N1CCC(c2cnn(C)c2)C1.